The summed E-state index contributed by atoms with van der Waals surface area (Å²) in [6.45, 7) is 5.75. The van der Waals surface area contributed by atoms with Gasteiger partial charge < -0.3 is 117 Å². The molecule has 11 unspecified atom stereocenters. The van der Waals surface area contributed by atoms with Gasteiger partial charge in [-0.2, -0.15) is 0 Å². The zero-order valence-corrected chi connectivity index (χ0v) is 42.8. The number of methoxy groups -OCH3 is 2. The molecule has 0 aromatic rings. The first-order chi connectivity index (χ1) is 33.9. The Labute approximate surface area is 415 Å². The number of aliphatic hydroxyl groups excluding tert-OH is 9. The van der Waals surface area contributed by atoms with Crippen molar-refractivity contribution in [3.8, 4) is 0 Å². The van der Waals surface area contributed by atoms with E-state index in [1.54, 1.807) is 13.8 Å². The molecule has 11 atom stereocenters. The topological polar surface area (TPSA) is 321 Å². The summed E-state index contributed by atoms with van der Waals surface area (Å²) in [5.74, 6) is -0.177. The Balaban J connectivity index is 5.96. The number of hydrogen-bond acceptors (Lipinski definition) is 24. The molecule has 0 fully saturated rings. The van der Waals surface area contributed by atoms with Crippen LogP contribution in [0.15, 0.2) is 0 Å². The Morgan fingerprint density at radius 2 is 0.800 bits per heavy atom. The molecule has 9 N–H and O–H groups in total. The summed E-state index contributed by atoms with van der Waals surface area (Å²) in [5.41, 5.74) is -1.01. The van der Waals surface area contributed by atoms with E-state index in [1.165, 1.54) is 14.2 Å². The van der Waals surface area contributed by atoms with E-state index in [1.807, 2.05) is 13.8 Å². The van der Waals surface area contributed by atoms with Crippen molar-refractivity contribution in [2.75, 3.05) is 186 Å². The van der Waals surface area contributed by atoms with Crippen LogP contribution in [0, 0.1) is 5.92 Å². The van der Waals surface area contributed by atoms with Crippen LogP contribution in [-0.2, 0) is 71.1 Å². The van der Waals surface area contributed by atoms with Crippen LogP contribution in [0.4, 0.5) is 0 Å². The molecule has 0 aromatic carbocycles. The number of hydrogen-bond donors (Lipinski definition) is 9. The molecule has 0 saturated carbocycles. The van der Waals surface area contributed by atoms with Crippen LogP contribution < -0.4 is 0 Å². The van der Waals surface area contributed by atoms with Gasteiger partial charge >= 0.3 is 0 Å². The first-order valence-electron chi connectivity index (χ1n) is 24.3. The van der Waals surface area contributed by atoms with Crippen LogP contribution in [0.2, 0.25) is 0 Å². The fourth-order valence-corrected chi connectivity index (χ4v) is 6.12. The molecule has 24 nitrogen and oxygen atoms in total. The lowest BCUT2D eigenvalue weighted by Crippen LogP contribution is -2.48. The molecule has 0 aliphatic carbocycles. The summed E-state index contributed by atoms with van der Waals surface area (Å²) in [6, 6.07) is 0. The van der Waals surface area contributed by atoms with Crippen LogP contribution >= 0.6 is 0 Å². The number of ether oxygens (including phenoxy) is 15. The summed E-state index contributed by atoms with van der Waals surface area (Å²) < 4.78 is 86.8. The van der Waals surface area contributed by atoms with E-state index in [-0.39, 0.29) is 145 Å². The Hall–Kier alpha value is -0.960. The van der Waals surface area contributed by atoms with E-state index in [9.17, 15) is 46.0 Å². The van der Waals surface area contributed by atoms with E-state index in [2.05, 4.69) is 0 Å². The zero-order chi connectivity index (χ0) is 52.3. The molecule has 0 aliphatic rings. The highest BCUT2D eigenvalue weighted by Crippen LogP contribution is 2.22. The van der Waals surface area contributed by atoms with Crippen LogP contribution in [0.1, 0.15) is 40.5 Å². The normalized spacial score (nSPS) is 17.2. The maximum Gasteiger partial charge on any atom is 0.109 e. The van der Waals surface area contributed by atoms with Gasteiger partial charge in [0, 0.05) is 40.0 Å². The second-order valence-corrected chi connectivity index (χ2v) is 16.9. The largest absolute Gasteiger partial charge is 0.396 e. The molecule has 0 rings (SSSR count). The predicted molar refractivity (Wildman–Crippen MR) is 251 cm³/mol. The van der Waals surface area contributed by atoms with Gasteiger partial charge in [0.25, 0.3) is 0 Å². The van der Waals surface area contributed by atoms with Crippen LogP contribution in [0.25, 0.3) is 0 Å². The minimum atomic E-state index is -1.01. The van der Waals surface area contributed by atoms with Gasteiger partial charge in [0.15, 0.2) is 0 Å². The zero-order valence-electron chi connectivity index (χ0n) is 42.8. The van der Waals surface area contributed by atoms with Crippen LogP contribution in [0.5, 0.6) is 0 Å². The maximum atomic E-state index is 10.4. The highest BCUT2D eigenvalue weighted by Gasteiger charge is 2.34. The maximum absolute atomic E-state index is 10.4. The van der Waals surface area contributed by atoms with E-state index < -0.39 is 86.5 Å². The Bertz CT molecular complexity index is 1100. The van der Waals surface area contributed by atoms with E-state index >= 15 is 0 Å². The van der Waals surface area contributed by atoms with Gasteiger partial charge in [0.2, 0.25) is 0 Å². The van der Waals surface area contributed by atoms with Crippen molar-refractivity contribution >= 4 is 0 Å². The predicted octanol–water partition coefficient (Wildman–Crippen LogP) is -2.67. The smallest absolute Gasteiger partial charge is 0.109 e. The van der Waals surface area contributed by atoms with Crippen molar-refractivity contribution < 1.29 is 117 Å². The molecule has 0 heterocycles. The van der Waals surface area contributed by atoms with Gasteiger partial charge in [0.05, 0.1) is 164 Å². The molecule has 0 aliphatic heterocycles. The summed E-state index contributed by atoms with van der Waals surface area (Å²) in [5, 5.41) is 88.2. The van der Waals surface area contributed by atoms with Crippen molar-refractivity contribution in [2.45, 2.75) is 107 Å². The van der Waals surface area contributed by atoms with Crippen molar-refractivity contribution in [3.63, 3.8) is 0 Å². The van der Waals surface area contributed by atoms with E-state index in [4.69, 9.17) is 71.1 Å². The molecule has 0 spiro atoms. The quantitative estimate of drug-likeness (QED) is 0.0281. The lowest BCUT2D eigenvalue weighted by Gasteiger charge is -2.36. The third-order valence-corrected chi connectivity index (χ3v) is 10.5. The Morgan fingerprint density at radius 1 is 0.371 bits per heavy atom. The average Bonchev–Trinajstić information content (AvgIpc) is 3.37. The summed E-state index contributed by atoms with van der Waals surface area (Å²) >= 11 is 0. The van der Waals surface area contributed by atoms with Crippen molar-refractivity contribution in [2.24, 2.45) is 5.92 Å². The first kappa shape index (κ1) is 69.0. The van der Waals surface area contributed by atoms with Gasteiger partial charge in [-0.15, -0.1) is 0 Å². The minimum Gasteiger partial charge on any atom is -0.396 e. The molecule has 70 heavy (non-hydrogen) atoms. The van der Waals surface area contributed by atoms with Gasteiger partial charge in [-0.25, -0.2) is 0 Å². The average molecular weight is 1030 g/mol. The summed E-state index contributed by atoms with van der Waals surface area (Å²) in [7, 11) is 2.96. The molecule has 0 bridgehead atoms. The van der Waals surface area contributed by atoms with Gasteiger partial charge in [0.1, 0.15) is 54.9 Å². The Morgan fingerprint density at radius 3 is 1.26 bits per heavy atom. The fourth-order valence-electron chi connectivity index (χ4n) is 6.12. The highest BCUT2D eigenvalue weighted by atomic mass is 16.6. The molecular formula is C46H94O24. The lowest BCUT2D eigenvalue weighted by atomic mass is 10.0. The molecular weight excluding hydrogens is 936 g/mol. The molecule has 0 radical (unpaired) electrons. The number of aliphatic hydroxyl groups is 9. The summed E-state index contributed by atoms with van der Waals surface area (Å²) in [4.78, 5) is 0. The SMILES string of the molecule is CCOC(CO)COCC(COC(COCC(CO)OCCOCC(CO)COC)COC(CO)COCC(COC(CO)C(C)(C)OC(CC)CO)OCC(CO)OCC(CO)OC)OCCCO. The third kappa shape index (κ3) is 34.5. The monoisotopic (exact) mass is 1030 g/mol. The van der Waals surface area contributed by atoms with Crippen molar-refractivity contribution in [3.05, 3.63) is 0 Å². The minimum absolute atomic E-state index is 0.00379. The van der Waals surface area contributed by atoms with Crippen LogP contribution in [-0.4, -0.2) is 299 Å². The molecule has 0 amide bonds. The molecule has 0 aromatic heterocycles. The van der Waals surface area contributed by atoms with Crippen LogP contribution in [0.3, 0.4) is 0 Å². The molecule has 24 heteroatoms. The second-order valence-electron chi connectivity index (χ2n) is 16.9. The molecule has 0 saturated heterocycles. The van der Waals surface area contributed by atoms with E-state index in [0.717, 1.165) is 0 Å². The third-order valence-electron chi connectivity index (χ3n) is 10.5. The highest BCUT2D eigenvalue weighted by molar-refractivity contribution is 4.82. The van der Waals surface area contributed by atoms with Crippen molar-refractivity contribution in [1.82, 2.24) is 0 Å². The van der Waals surface area contributed by atoms with Gasteiger partial charge in [-0.3, -0.25) is 0 Å². The second kappa shape index (κ2) is 46.6. The molecule has 422 valence electrons. The van der Waals surface area contributed by atoms with Gasteiger partial charge in [-0.1, -0.05) is 6.92 Å². The lowest BCUT2D eigenvalue weighted by molar-refractivity contribution is -0.190. The van der Waals surface area contributed by atoms with Gasteiger partial charge in [-0.05, 0) is 33.6 Å². The van der Waals surface area contributed by atoms with E-state index in [0.29, 0.717) is 26.1 Å². The fraction of sp³-hybridized carbons (Fsp3) is 1.00. The Kier molecular flexibility index (Phi) is 45.9. The number of rotatable bonds is 54. The summed E-state index contributed by atoms with van der Waals surface area (Å²) in [6.07, 6.45) is -6.09. The standard InChI is InChI=1S/C46H94O24/c1-7-36(15-49)70-46(3,4)45(21-55)69-34-44(67-31-41(20-54)65-30-37(16-50)57-6)29-61-26-40(19-53)66-33-43(28-60-25-39(18-52)64-13-12-58-23-35(14-48)22-56-5)68-32-42(63-11-9-10-47)27-59-24-38(17-51)62-8-2/h35-45,47-55H,7-34H2,1-6H3. The first-order valence-corrected chi connectivity index (χ1v) is 24.3. The van der Waals surface area contributed by atoms with Crippen molar-refractivity contribution in [1.29, 1.82) is 0 Å².